The lowest BCUT2D eigenvalue weighted by molar-refractivity contribution is 0.353. The maximum absolute atomic E-state index is 13.8. The van der Waals surface area contributed by atoms with Gasteiger partial charge in [-0.25, -0.2) is 4.39 Å². The Bertz CT molecular complexity index is 766. The van der Waals surface area contributed by atoms with Crippen LogP contribution in [0.15, 0.2) is 36.4 Å². The maximum Gasteiger partial charge on any atom is 0.174 e. The van der Waals surface area contributed by atoms with Gasteiger partial charge in [0.1, 0.15) is 5.82 Å². The molecule has 22 heavy (non-hydrogen) atoms. The summed E-state index contributed by atoms with van der Waals surface area (Å²) in [7, 11) is 3.11. The van der Waals surface area contributed by atoms with E-state index in [2.05, 4.69) is 22.6 Å². The number of methoxy groups -OCH3 is 2. The van der Waals surface area contributed by atoms with Crippen molar-refractivity contribution < 1.29 is 13.9 Å². The summed E-state index contributed by atoms with van der Waals surface area (Å²) in [6.07, 6.45) is 1.63. The first kappa shape index (κ1) is 16.3. The molecule has 2 aromatic carbocycles. The predicted octanol–water partition coefficient (Wildman–Crippen LogP) is 4.51. The van der Waals surface area contributed by atoms with Crippen molar-refractivity contribution in [2.45, 2.75) is 0 Å². The van der Waals surface area contributed by atoms with Gasteiger partial charge in [-0.3, -0.25) is 0 Å². The van der Waals surface area contributed by atoms with E-state index in [-0.39, 0.29) is 11.1 Å². The molecule has 0 spiro atoms. The molecule has 0 aliphatic rings. The SMILES string of the molecule is COc1cc(C=C(C#N)c2ccccc2F)cc(I)c1OC. The molecule has 0 amide bonds. The number of allylic oxidation sites excluding steroid dienone is 1. The van der Waals surface area contributed by atoms with E-state index in [0.717, 1.165) is 9.13 Å². The van der Waals surface area contributed by atoms with Crippen molar-refractivity contribution in [1.29, 1.82) is 5.26 Å². The van der Waals surface area contributed by atoms with Crippen LogP contribution in [0.1, 0.15) is 11.1 Å². The van der Waals surface area contributed by atoms with Crippen molar-refractivity contribution in [3.8, 4) is 17.6 Å². The number of hydrogen-bond donors (Lipinski definition) is 0. The zero-order valence-corrected chi connectivity index (χ0v) is 14.2. The normalized spacial score (nSPS) is 11.0. The first-order valence-corrected chi connectivity index (χ1v) is 7.46. The molecule has 0 bridgehead atoms. The van der Waals surface area contributed by atoms with Gasteiger partial charge in [0.2, 0.25) is 0 Å². The molecule has 2 rings (SSSR count). The smallest absolute Gasteiger partial charge is 0.174 e. The van der Waals surface area contributed by atoms with E-state index in [4.69, 9.17) is 9.47 Å². The topological polar surface area (TPSA) is 42.2 Å². The molecule has 3 nitrogen and oxygen atoms in total. The van der Waals surface area contributed by atoms with Gasteiger partial charge >= 0.3 is 0 Å². The van der Waals surface area contributed by atoms with Gasteiger partial charge < -0.3 is 9.47 Å². The Morgan fingerprint density at radius 1 is 1.23 bits per heavy atom. The van der Waals surface area contributed by atoms with Gasteiger partial charge in [-0.05, 0) is 52.4 Å². The van der Waals surface area contributed by atoms with Crippen LogP contribution in [0.25, 0.3) is 11.6 Å². The largest absolute Gasteiger partial charge is 0.493 e. The van der Waals surface area contributed by atoms with Crippen molar-refractivity contribution in [2.24, 2.45) is 0 Å². The quantitative estimate of drug-likeness (QED) is 0.424. The Hall–Kier alpha value is -2.07. The Kier molecular flexibility index (Phi) is 5.39. The minimum Gasteiger partial charge on any atom is -0.493 e. The molecule has 0 saturated heterocycles. The summed E-state index contributed by atoms with van der Waals surface area (Å²) in [4.78, 5) is 0. The molecule has 0 aromatic heterocycles. The molecule has 0 radical (unpaired) electrons. The molecule has 0 atom stereocenters. The highest BCUT2D eigenvalue weighted by Crippen LogP contribution is 2.34. The number of hydrogen-bond acceptors (Lipinski definition) is 3. The van der Waals surface area contributed by atoms with Crippen LogP contribution in [0, 0.1) is 20.7 Å². The fourth-order valence-electron chi connectivity index (χ4n) is 2.04. The van der Waals surface area contributed by atoms with Crippen LogP contribution in [-0.2, 0) is 0 Å². The monoisotopic (exact) mass is 409 g/mol. The Morgan fingerprint density at radius 2 is 1.95 bits per heavy atom. The van der Waals surface area contributed by atoms with Crippen LogP contribution in [0.2, 0.25) is 0 Å². The average molecular weight is 409 g/mol. The lowest BCUT2D eigenvalue weighted by Gasteiger charge is -2.11. The van der Waals surface area contributed by atoms with Crippen molar-refractivity contribution in [3.63, 3.8) is 0 Å². The van der Waals surface area contributed by atoms with E-state index in [1.807, 2.05) is 12.1 Å². The highest BCUT2D eigenvalue weighted by molar-refractivity contribution is 14.1. The van der Waals surface area contributed by atoms with Gasteiger partial charge in [0.15, 0.2) is 11.5 Å². The molecule has 0 aliphatic heterocycles. The third-order valence-electron chi connectivity index (χ3n) is 3.05. The number of halogens is 2. The zero-order valence-electron chi connectivity index (χ0n) is 12.1. The second-order valence-corrected chi connectivity index (χ2v) is 5.55. The van der Waals surface area contributed by atoms with Gasteiger partial charge in [-0.15, -0.1) is 0 Å². The number of nitriles is 1. The molecule has 0 N–H and O–H groups in total. The van der Waals surface area contributed by atoms with E-state index >= 15 is 0 Å². The van der Waals surface area contributed by atoms with E-state index < -0.39 is 5.82 Å². The van der Waals surface area contributed by atoms with Crippen LogP contribution in [0.4, 0.5) is 4.39 Å². The fourth-order valence-corrected chi connectivity index (χ4v) is 2.88. The van der Waals surface area contributed by atoms with Crippen LogP contribution >= 0.6 is 22.6 Å². The fraction of sp³-hybridized carbons (Fsp3) is 0.118. The molecule has 5 heteroatoms. The summed E-state index contributed by atoms with van der Waals surface area (Å²) in [6.45, 7) is 0. The third-order valence-corrected chi connectivity index (χ3v) is 3.85. The number of ether oxygens (including phenoxy) is 2. The molecule has 0 unspecified atom stereocenters. The maximum atomic E-state index is 13.8. The Labute approximate surface area is 142 Å². The number of benzene rings is 2. The average Bonchev–Trinajstić information content (AvgIpc) is 2.52. The molecule has 0 heterocycles. The molecule has 2 aromatic rings. The molecule has 112 valence electrons. The third kappa shape index (κ3) is 3.39. The van der Waals surface area contributed by atoms with Gasteiger partial charge in [0.05, 0.1) is 29.4 Å². The first-order valence-electron chi connectivity index (χ1n) is 6.39. The van der Waals surface area contributed by atoms with E-state index in [1.54, 1.807) is 44.6 Å². The molecule has 0 aliphatic carbocycles. The van der Waals surface area contributed by atoms with Gasteiger partial charge in [-0.1, -0.05) is 18.2 Å². The Balaban J connectivity index is 2.54. The highest BCUT2D eigenvalue weighted by Gasteiger charge is 2.11. The summed E-state index contributed by atoms with van der Waals surface area (Å²) in [6, 6.07) is 11.8. The van der Waals surface area contributed by atoms with Crippen molar-refractivity contribution in [1.82, 2.24) is 0 Å². The molecular formula is C17H13FINO2. The summed E-state index contributed by atoms with van der Waals surface area (Å²) in [5, 5.41) is 9.32. The lowest BCUT2D eigenvalue weighted by atomic mass is 10.0. The van der Waals surface area contributed by atoms with E-state index in [9.17, 15) is 9.65 Å². The second-order valence-electron chi connectivity index (χ2n) is 4.39. The Morgan fingerprint density at radius 3 is 2.55 bits per heavy atom. The highest BCUT2D eigenvalue weighted by atomic mass is 127. The summed E-state index contributed by atoms with van der Waals surface area (Å²) < 4.78 is 25.2. The number of nitrogens with zero attached hydrogens (tertiary/aromatic N) is 1. The second kappa shape index (κ2) is 7.27. The van der Waals surface area contributed by atoms with Gasteiger partial charge in [-0.2, -0.15) is 5.26 Å². The van der Waals surface area contributed by atoms with E-state index in [0.29, 0.717) is 11.5 Å². The van der Waals surface area contributed by atoms with E-state index in [1.165, 1.54) is 6.07 Å². The lowest BCUT2D eigenvalue weighted by Crippen LogP contribution is -1.94. The standard InChI is InChI=1S/C17H13FINO2/c1-21-16-9-11(8-15(19)17(16)22-2)7-12(10-20)13-5-3-4-6-14(13)18/h3-9H,1-2H3. The summed E-state index contributed by atoms with van der Waals surface area (Å²) >= 11 is 2.12. The van der Waals surface area contributed by atoms with Crippen LogP contribution in [0.3, 0.4) is 0 Å². The van der Waals surface area contributed by atoms with Crippen LogP contribution < -0.4 is 9.47 Å². The first-order chi connectivity index (χ1) is 10.6. The zero-order chi connectivity index (χ0) is 16.1. The minimum absolute atomic E-state index is 0.251. The van der Waals surface area contributed by atoms with Crippen molar-refractivity contribution in [2.75, 3.05) is 14.2 Å². The minimum atomic E-state index is -0.425. The van der Waals surface area contributed by atoms with Crippen molar-refractivity contribution >= 4 is 34.2 Å². The predicted molar refractivity (Wildman–Crippen MR) is 92.1 cm³/mol. The van der Waals surface area contributed by atoms with Crippen LogP contribution in [-0.4, -0.2) is 14.2 Å². The van der Waals surface area contributed by atoms with Crippen LogP contribution in [0.5, 0.6) is 11.5 Å². The molecular weight excluding hydrogens is 396 g/mol. The van der Waals surface area contributed by atoms with Gasteiger partial charge in [0, 0.05) is 5.56 Å². The van der Waals surface area contributed by atoms with Crippen molar-refractivity contribution in [3.05, 3.63) is 56.9 Å². The summed E-state index contributed by atoms with van der Waals surface area (Å²) in [5.41, 5.74) is 1.26. The molecule has 0 saturated carbocycles. The summed E-state index contributed by atoms with van der Waals surface area (Å²) in [5.74, 6) is 0.765. The number of rotatable bonds is 4. The molecule has 0 fully saturated rings. The van der Waals surface area contributed by atoms with Gasteiger partial charge in [0.25, 0.3) is 0 Å².